The Kier molecular flexibility index (Phi) is 2.89. The summed E-state index contributed by atoms with van der Waals surface area (Å²) in [7, 11) is 0. The number of hydrogen-bond donors (Lipinski definition) is 2. The monoisotopic (exact) mass is 228 g/mol. The number of aryl methyl sites for hydroxylation is 1. The van der Waals surface area contributed by atoms with Crippen LogP contribution in [-0.4, -0.2) is 17.6 Å². The maximum absolute atomic E-state index is 3.65. The quantitative estimate of drug-likeness (QED) is 0.830. The van der Waals surface area contributed by atoms with Crippen molar-refractivity contribution in [3.63, 3.8) is 0 Å². The number of H-pyrrole nitrogens is 1. The van der Waals surface area contributed by atoms with Crippen molar-refractivity contribution < 1.29 is 0 Å². The van der Waals surface area contributed by atoms with Crippen LogP contribution in [0.4, 0.5) is 0 Å². The van der Waals surface area contributed by atoms with Gasteiger partial charge in [0.25, 0.3) is 0 Å². The lowest BCUT2D eigenvalue weighted by Gasteiger charge is -2.26. The molecule has 0 fully saturated rings. The molecule has 1 aliphatic rings. The molecule has 0 saturated heterocycles. The number of aromatic nitrogens is 1. The van der Waals surface area contributed by atoms with E-state index in [1.165, 1.54) is 42.1 Å². The fraction of sp³-hybridized carbons (Fsp3) is 0.467. The SMILES string of the molecule is CCCNC1CCc2c(ccc3[nH]ccc23)C1. The largest absolute Gasteiger partial charge is 0.361 e. The Morgan fingerprint density at radius 2 is 2.29 bits per heavy atom. The molecule has 2 nitrogen and oxygen atoms in total. The molecule has 0 amide bonds. The second-order valence-electron chi connectivity index (χ2n) is 5.04. The van der Waals surface area contributed by atoms with Crippen molar-refractivity contribution in [2.45, 2.75) is 38.6 Å². The van der Waals surface area contributed by atoms with E-state index in [-0.39, 0.29) is 0 Å². The normalized spacial score (nSPS) is 19.5. The van der Waals surface area contributed by atoms with Crippen LogP contribution in [0.3, 0.4) is 0 Å². The van der Waals surface area contributed by atoms with Crippen LogP contribution in [0.2, 0.25) is 0 Å². The summed E-state index contributed by atoms with van der Waals surface area (Å²) >= 11 is 0. The highest BCUT2D eigenvalue weighted by Crippen LogP contribution is 2.28. The van der Waals surface area contributed by atoms with Crippen molar-refractivity contribution in [2.24, 2.45) is 0 Å². The third-order valence-electron chi connectivity index (χ3n) is 3.84. The van der Waals surface area contributed by atoms with Gasteiger partial charge in [0, 0.05) is 23.1 Å². The van der Waals surface area contributed by atoms with Crippen LogP contribution in [0, 0.1) is 0 Å². The van der Waals surface area contributed by atoms with Crippen molar-refractivity contribution in [1.29, 1.82) is 0 Å². The Bertz CT molecular complexity index is 513. The molecule has 0 bridgehead atoms. The fourth-order valence-electron chi connectivity index (χ4n) is 2.94. The summed E-state index contributed by atoms with van der Waals surface area (Å²) in [6.45, 7) is 3.37. The molecule has 0 spiro atoms. The maximum Gasteiger partial charge on any atom is 0.0456 e. The Morgan fingerprint density at radius 3 is 3.18 bits per heavy atom. The zero-order valence-electron chi connectivity index (χ0n) is 10.4. The van der Waals surface area contributed by atoms with Gasteiger partial charge >= 0.3 is 0 Å². The van der Waals surface area contributed by atoms with Crippen LogP contribution in [0.15, 0.2) is 24.4 Å². The molecule has 1 heterocycles. The minimum Gasteiger partial charge on any atom is -0.361 e. The van der Waals surface area contributed by atoms with Gasteiger partial charge in [0.1, 0.15) is 0 Å². The highest BCUT2D eigenvalue weighted by Gasteiger charge is 2.19. The van der Waals surface area contributed by atoms with Crippen molar-refractivity contribution >= 4 is 10.9 Å². The van der Waals surface area contributed by atoms with Gasteiger partial charge in [0.15, 0.2) is 0 Å². The molecule has 90 valence electrons. The van der Waals surface area contributed by atoms with Gasteiger partial charge in [-0.15, -0.1) is 0 Å². The Balaban J connectivity index is 1.87. The van der Waals surface area contributed by atoms with Crippen molar-refractivity contribution in [3.8, 4) is 0 Å². The van der Waals surface area contributed by atoms with E-state index in [1.54, 1.807) is 5.56 Å². The highest BCUT2D eigenvalue weighted by atomic mass is 14.9. The predicted molar refractivity (Wildman–Crippen MR) is 72.4 cm³/mol. The summed E-state index contributed by atoms with van der Waals surface area (Å²) in [6.07, 6.45) is 6.95. The zero-order valence-corrected chi connectivity index (χ0v) is 10.4. The van der Waals surface area contributed by atoms with Crippen molar-refractivity contribution in [1.82, 2.24) is 10.3 Å². The highest BCUT2D eigenvalue weighted by molar-refractivity contribution is 5.84. The molecule has 2 heteroatoms. The molecule has 1 aromatic carbocycles. The van der Waals surface area contributed by atoms with Crippen molar-refractivity contribution in [3.05, 3.63) is 35.5 Å². The Morgan fingerprint density at radius 1 is 1.35 bits per heavy atom. The average molecular weight is 228 g/mol. The van der Waals surface area contributed by atoms with Gasteiger partial charge in [0.05, 0.1) is 0 Å². The number of rotatable bonds is 3. The summed E-state index contributed by atoms with van der Waals surface area (Å²) in [6, 6.07) is 7.41. The van der Waals surface area contributed by atoms with Crippen molar-refractivity contribution in [2.75, 3.05) is 6.54 Å². The number of hydrogen-bond acceptors (Lipinski definition) is 1. The molecule has 17 heavy (non-hydrogen) atoms. The number of nitrogens with one attached hydrogen (secondary N) is 2. The third kappa shape index (κ3) is 1.98. The molecule has 3 rings (SSSR count). The topological polar surface area (TPSA) is 27.8 Å². The molecule has 1 aromatic heterocycles. The lowest BCUT2D eigenvalue weighted by atomic mass is 9.86. The predicted octanol–water partition coefficient (Wildman–Crippen LogP) is 3.02. The van der Waals surface area contributed by atoms with Gasteiger partial charge in [-0.3, -0.25) is 0 Å². The van der Waals surface area contributed by atoms with Gasteiger partial charge in [-0.05, 0) is 55.5 Å². The molecule has 0 saturated carbocycles. The van der Waals surface area contributed by atoms with Crippen LogP contribution < -0.4 is 5.32 Å². The molecule has 1 aliphatic carbocycles. The molecule has 0 radical (unpaired) electrons. The van der Waals surface area contributed by atoms with Gasteiger partial charge in [-0.1, -0.05) is 13.0 Å². The van der Waals surface area contributed by atoms with E-state index in [9.17, 15) is 0 Å². The third-order valence-corrected chi connectivity index (χ3v) is 3.84. The van der Waals surface area contributed by atoms with E-state index in [1.807, 2.05) is 6.20 Å². The van der Waals surface area contributed by atoms with Gasteiger partial charge in [0.2, 0.25) is 0 Å². The lowest BCUT2D eigenvalue weighted by molar-refractivity contribution is 0.460. The first-order valence-electron chi connectivity index (χ1n) is 6.69. The van der Waals surface area contributed by atoms with Crippen LogP contribution in [0.1, 0.15) is 30.9 Å². The number of aromatic amines is 1. The number of fused-ring (bicyclic) bond motifs is 3. The van der Waals surface area contributed by atoms with E-state index < -0.39 is 0 Å². The second-order valence-corrected chi connectivity index (χ2v) is 5.04. The summed E-state index contributed by atoms with van der Waals surface area (Å²) in [5.41, 5.74) is 4.39. The fourth-order valence-corrected chi connectivity index (χ4v) is 2.94. The molecule has 0 aliphatic heterocycles. The summed E-state index contributed by atoms with van der Waals surface area (Å²) in [5.74, 6) is 0. The summed E-state index contributed by atoms with van der Waals surface area (Å²) < 4.78 is 0. The van der Waals surface area contributed by atoms with Crippen LogP contribution in [-0.2, 0) is 12.8 Å². The minimum absolute atomic E-state index is 0.679. The zero-order chi connectivity index (χ0) is 11.7. The summed E-state index contributed by atoms with van der Waals surface area (Å²) in [5, 5.41) is 5.07. The maximum atomic E-state index is 3.65. The molecule has 1 atom stereocenters. The lowest BCUT2D eigenvalue weighted by Crippen LogP contribution is -2.34. The van der Waals surface area contributed by atoms with Gasteiger partial charge in [-0.2, -0.15) is 0 Å². The molecular formula is C15H20N2. The first kappa shape index (κ1) is 10.8. The minimum atomic E-state index is 0.679. The van der Waals surface area contributed by atoms with Gasteiger partial charge < -0.3 is 10.3 Å². The van der Waals surface area contributed by atoms with E-state index in [4.69, 9.17) is 0 Å². The van der Waals surface area contributed by atoms with Gasteiger partial charge in [-0.25, -0.2) is 0 Å². The Hall–Kier alpha value is -1.28. The van der Waals surface area contributed by atoms with E-state index in [2.05, 4.69) is 35.4 Å². The molecular weight excluding hydrogens is 208 g/mol. The standard InChI is InChI=1S/C15H20N2/c1-2-8-16-12-4-5-13-11(10-12)3-6-15-14(13)7-9-17-15/h3,6-7,9,12,16-17H,2,4-5,8,10H2,1H3. The molecule has 2 aromatic rings. The number of benzene rings is 1. The van der Waals surface area contributed by atoms with Crippen LogP contribution in [0.25, 0.3) is 10.9 Å². The second kappa shape index (κ2) is 4.53. The van der Waals surface area contributed by atoms with E-state index in [0.29, 0.717) is 6.04 Å². The van der Waals surface area contributed by atoms with Crippen LogP contribution >= 0.6 is 0 Å². The van der Waals surface area contributed by atoms with E-state index in [0.717, 1.165) is 6.54 Å². The summed E-state index contributed by atoms with van der Waals surface area (Å²) in [4.78, 5) is 3.30. The average Bonchev–Trinajstić information content (AvgIpc) is 2.84. The molecule has 2 N–H and O–H groups in total. The molecule has 1 unspecified atom stereocenters. The van der Waals surface area contributed by atoms with Crippen LogP contribution in [0.5, 0.6) is 0 Å². The smallest absolute Gasteiger partial charge is 0.0456 e. The van der Waals surface area contributed by atoms with E-state index >= 15 is 0 Å². The first-order valence-corrected chi connectivity index (χ1v) is 6.69. The Labute approximate surface area is 102 Å². The first-order chi connectivity index (χ1) is 8.38.